The van der Waals surface area contributed by atoms with Crippen molar-refractivity contribution in [3.8, 4) is 0 Å². The van der Waals surface area contributed by atoms with Gasteiger partial charge < -0.3 is 5.11 Å². The summed E-state index contributed by atoms with van der Waals surface area (Å²) in [5.74, 6) is -0.773. The van der Waals surface area contributed by atoms with E-state index in [0.29, 0.717) is 0 Å². The quantitative estimate of drug-likeness (QED) is 0.671. The molecule has 0 bridgehead atoms. The van der Waals surface area contributed by atoms with E-state index in [1.54, 1.807) is 12.4 Å². The van der Waals surface area contributed by atoms with Crippen molar-refractivity contribution >= 4 is 5.97 Å². The van der Waals surface area contributed by atoms with Crippen molar-refractivity contribution in [1.29, 1.82) is 0 Å². The van der Waals surface area contributed by atoms with E-state index in [2.05, 4.69) is 15.8 Å². The van der Waals surface area contributed by atoms with Crippen molar-refractivity contribution in [3.05, 3.63) is 30.1 Å². The van der Waals surface area contributed by atoms with E-state index in [9.17, 15) is 4.79 Å². The second-order valence-corrected chi connectivity index (χ2v) is 3.65. The van der Waals surface area contributed by atoms with Gasteiger partial charge in [0.05, 0.1) is 6.42 Å². The molecule has 5 nitrogen and oxygen atoms in total. The lowest BCUT2D eigenvalue weighted by molar-refractivity contribution is -0.137. The Morgan fingerprint density at radius 1 is 1.47 bits per heavy atom. The topological polar surface area (TPSA) is 74.2 Å². The standard InChI is InChI=1S/C10H13N3O2/c14-10(15)6-8-5-9(13-12-8)7-1-3-11-4-2-7/h1-4,8-9,12-13H,5-6H2,(H,14,15). The normalized spacial score (nSPS) is 25.3. The molecule has 2 heterocycles. The van der Waals surface area contributed by atoms with Crippen LogP contribution in [-0.2, 0) is 4.79 Å². The number of hydrogen-bond donors (Lipinski definition) is 3. The molecule has 1 aliphatic rings. The first-order valence-corrected chi connectivity index (χ1v) is 4.88. The Morgan fingerprint density at radius 2 is 2.20 bits per heavy atom. The molecule has 80 valence electrons. The molecular formula is C10H13N3O2. The number of hydrazine groups is 1. The fourth-order valence-corrected chi connectivity index (χ4v) is 1.78. The summed E-state index contributed by atoms with van der Waals surface area (Å²) in [6, 6.07) is 4.04. The Kier molecular flexibility index (Phi) is 2.94. The van der Waals surface area contributed by atoms with Crippen LogP contribution in [0.25, 0.3) is 0 Å². The van der Waals surface area contributed by atoms with Crippen LogP contribution in [0.2, 0.25) is 0 Å². The first kappa shape index (κ1) is 10.1. The van der Waals surface area contributed by atoms with Crippen LogP contribution in [0.4, 0.5) is 0 Å². The molecule has 5 heteroatoms. The van der Waals surface area contributed by atoms with E-state index in [1.165, 1.54) is 0 Å². The summed E-state index contributed by atoms with van der Waals surface area (Å²) in [4.78, 5) is 14.5. The van der Waals surface area contributed by atoms with Gasteiger partial charge in [-0.3, -0.25) is 15.2 Å². The van der Waals surface area contributed by atoms with Crippen molar-refractivity contribution in [1.82, 2.24) is 15.8 Å². The van der Waals surface area contributed by atoms with Gasteiger partial charge >= 0.3 is 5.97 Å². The zero-order valence-electron chi connectivity index (χ0n) is 8.18. The minimum Gasteiger partial charge on any atom is -0.481 e. The molecular weight excluding hydrogens is 194 g/mol. The summed E-state index contributed by atoms with van der Waals surface area (Å²) in [7, 11) is 0. The molecule has 1 aromatic rings. The highest BCUT2D eigenvalue weighted by Gasteiger charge is 2.26. The number of carboxylic acid groups (broad SMARTS) is 1. The van der Waals surface area contributed by atoms with Crippen LogP contribution in [0.3, 0.4) is 0 Å². The number of pyridine rings is 1. The van der Waals surface area contributed by atoms with Crippen LogP contribution in [0.1, 0.15) is 24.4 Å². The third kappa shape index (κ3) is 2.51. The lowest BCUT2D eigenvalue weighted by atomic mass is 10.0. The Bertz CT molecular complexity index is 342. The molecule has 0 spiro atoms. The first-order chi connectivity index (χ1) is 7.25. The van der Waals surface area contributed by atoms with Crippen LogP contribution in [-0.4, -0.2) is 22.1 Å². The SMILES string of the molecule is O=C(O)CC1CC(c2ccncc2)NN1. The van der Waals surface area contributed by atoms with Crippen LogP contribution in [0, 0.1) is 0 Å². The number of carboxylic acids is 1. The average Bonchev–Trinajstić information content (AvgIpc) is 2.67. The zero-order valence-corrected chi connectivity index (χ0v) is 8.18. The van der Waals surface area contributed by atoms with Gasteiger partial charge in [-0.15, -0.1) is 0 Å². The predicted molar refractivity (Wildman–Crippen MR) is 53.9 cm³/mol. The molecule has 2 unspecified atom stereocenters. The van der Waals surface area contributed by atoms with Gasteiger partial charge in [0.1, 0.15) is 0 Å². The fourth-order valence-electron chi connectivity index (χ4n) is 1.78. The molecule has 1 fully saturated rings. The summed E-state index contributed by atoms with van der Waals surface area (Å²) in [5.41, 5.74) is 7.20. The Morgan fingerprint density at radius 3 is 2.87 bits per heavy atom. The molecule has 1 aromatic heterocycles. The Balaban J connectivity index is 1.96. The van der Waals surface area contributed by atoms with E-state index in [-0.39, 0.29) is 18.5 Å². The summed E-state index contributed by atoms with van der Waals surface area (Å²) in [5, 5.41) is 8.65. The summed E-state index contributed by atoms with van der Waals surface area (Å²) in [6.07, 6.45) is 4.41. The predicted octanol–water partition coefficient (Wildman–Crippen LogP) is 0.464. The Hall–Kier alpha value is -1.46. The highest BCUT2D eigenvalue weighted by atomic mass is 16.4. The van der Waals surface area contributed by atoms with Crippen molar-refractivity contribution in [3.63, 3.8) is 0 Å². The lowest BCUT2D eigenvalue weighted by Gasteiger charge is -2.08. The molecule has 2 atom stereocenters. The number of nitrogens with zero attached hydrogens (tertiary/aromatic N) is 1. The van der Waals surface area contributed by atoms with Gasteiger partial charge in [0, 0.05) is 24.5 Å². The minimum absolute atomic E-state index is 0.000616. The van der Waals surface area contributed by atoms with Crippen LogP contribution in [0.5, 0.6) is 0 Å². The van der Waals surface area contributed by atoms with E-state index < -0.39 is 5.97 Å². The van der Waals surface area contributed by atoms with Gasteiger partial charge in [-0.1, -0.05) is 0 Å². The van der Waals surface area contributed by atoms with Gasteiger partial charge in [0.25, 0.3) is 0 Å². The number of nitrogens with one attached hydrogen (secondary N) is 2. The maximum Gasteiger partial charge on any atom is 0.304 e. The van der Waals surface area contributed by atoms with Gasteiger partial charge in [0.2, 0.25) is 0 Å². The third-order valence-corrected chi connectivity index (χ3v) is 2.51. The van der Waals surface area contributed by atoms with Gasteiger partial charge in [0.15, 0.2) is 0 Å². The molecule has 1 saturated heterocycles. The van der Waals surface area contributed by atoms with E-state index in [0.717, 1.165) is 12.0 Å². The van der Waals surface area contributed by atoms with Crippen molar-refractivity contribution in [2.24, 2.45) is 0 Å². The highest BCUT2D eigenvalue weighted by molar-refractivity contribution is 5.67. The zero-order chi connectivity index (χ0) is 10.7. The van der Waals surface area contributed by atoms with Crippen molar-refractivity contribution in [2.45, 2.75) is 24.9 Å². The van der Waals surface area contributed by atoms with E-state index in [1.807, 2.05) is 12.1 Å². The average molecular weight is 207 g/mol. The summed E-state index contributed by atoms with van der Waals surface area (Å²) < 4.78 is 0. The smallest absolute Gasteiger partial charge is 0.304 e. The first-order valence-electron chi connectivity index (χ1n) is 4.88. The monoisotopic (exact) mass is 207 g/mol. The van der Waals surface area contributed by atoms with Crippen molar-refractivity contribution < 1.29 is 9.90 Å². The molecule has 3 N–H and O–H groups in total. The molecule has 0 radical (unpaired) electrons. The maximum atomic E-state index is 10.5. The maximum absolute atomic E-state index is 10.5. The highest BCUT2D eigenvalue weighted by Crippen LogP contribution is 2.22. The summed E-state index contributed by atoms with van der Waals surface area (Å²) in [6.45, 7) is 0. The largest absolute Gasteiger partial charge is 0.481 e. The third-order valence-electron chi connectivity index (χ3n) is 2.51. The molecule has 0 saturated carbocycles. The molecule has 0 aliphatic carbocycles. The van der Waals surface area contributed by atoms with Gasteiger partial charge in [-0.05, 0) is 24.1 Å². The molecule has 2 rings (SSSR count). The summed E-state index contributed by atoms with van der Waals surface area (Å²) >= 11 is 0. The number of aromatic nitrogens is 1. The number of rotatable bonds is 3. The fraction of sp³-hybridized carbons (Fsp3) is 0.400. The van der Waals surface area contributed by atoms with Gasteiger partial charge in [-0.25, -0.2) is 5.43 Å². The van der Waals surface area contributed by atoms with Crippen molar-refractivity contribution in [2.75, 3.05) is 0 Å². The van der Waals surface area contributed by atoms with E-state index in [4.69, 9.17) is 5.11 Å². The number of hydrogen-bond acceptors (Lipinski definition) is 4. The number of aliphatic carboxylic acids is 1. The second-order valence-electron chi connectivity index (χ2n) is 3.65. The second kappa shape index (κ2) is 4.37. The molecule has 15 heavy (non-hydrogen) atoms. The Labute approximate surface area is 87.5 Å². The molecule has 1 aliphatic heterocycles. The van der Waals surface area contributed by atoms with Crippen LogP contribution in [0.15, 0.2) is 24.5 Å². The minimum atomic E-state index is -0.773. The number of carbonyl (C=O) groups is 1. The lowest BCUT2D eigenvalue weighted by Crippen LogP contribution is -2.32. The molecule has 0 amide bonds. The van der Waals surface area contributed by atoms with Gasteiger partial charge in [-0.2, -0.15) is 0 Å². The van der Waals surface area contributed by atoms with Crippen LogP contribution < -0.4 is 10.9 Å². The van der Waals surface area contributed by atoms with E-state index >= 15 is 0 Å². The molecule has 0 aromatic carbocycles. The van der Waals surface area contributed by atoms with Crippen LogP contribution >= 0.6 is 0 Å².